The molecule has 1 aromatic rings. The Balaban J connectivity index is 1.75. The summed E-state index contributed by atoms with van der Waals surface area (Å²) in [5, 5.41) is 0. The summed E-state index contributed by atoms with van der Waals surface area (Å²) in [7, 11) is 1.69. The van der Waals surface area contributed by atoms with Crippen molar-refractivity contribution in [3.8, 4) is 5.75 Å². The molecule has 3 aliphatic carbocycles. The second kappa shape index (κ2) is 3.34. The van der Waals surface area contributed by atoms with Crippen LogP contribution in [0.3, 0.4) is 0 Å². The van der Waals surface area contributed by atoms with Gasteiger partial charge in [0.15, 0.2) is 0 Å². The van der Waals surface area contributed by atoms with Crippen molar-refractivity contribution in [1.29, 1.82) is 0 Å². The molecular weight excluding hydrogens is 212 g/mol. The van der Waals surface area contributed by atoms with E-state index in [-0.39, 0.29) is 5.92 Å². The summed E-state index contributed by atoms with van der Waals surface area (Å²) in [5.41, 5.74) is 2.13. The number of hydrogen-bond acceptors (Lipinski definition) is 2. The average molecular weight is 230 g/mol. The maximum atomic E-state index is 10.9. The zero-order valence-corrected chi connectivity index (χ0v) is 10.4. The van der Waals surface area contributed by atoms with E-state index in [1.165, 1.54) is 24.8 Å². The summed E-state index contributed by atoms with van der Waals surface area (Å²) in [6.45, 7) is 2.06. The van der Waals surface area contributed by atoms with Crippen molar-refractivity contribution in [2.45, 2.75) is 31.6 Å². The number of rotatable bonds is 4. The molecule has 1 aromatic carbocycles. The van der Waals surface area contributed by atoms with E-state index in [4.69, 9.17) is 4.74 Å². The molecule has 0 N–H and O–H groups in total. The van der Waals surface area contributed by atoms with Gasteiger partial charge in [0.2, 0.25) is 0 Å². The second-order valence-electron chi connectivity index (χ2n) is 5.83. The summed E-state index contributed by atoms with van der Waals surface area (Å²) < 4.78 is 5.18. The van der Waals surface area contributed by atoms with Crippen LogP contribution in [0, 0.1) is 11.3 Å². The molecule has 0 spiro atoms. The fraction of sp³-hybridized carbons (Fsp3) is 0.533. The molecule has 3 fully saturated rings. The normalized spacial score (nSPS) is 35.4. The topological polar surface area (TPSA) is 26.3 Å². The summed E-state index contributed by atoms with van der Waals surface area (Å²) in [6.07, 6.45) is 4.68. The van der Waals surface area contributed by atoms with E-state index in [1.807, 2.05) is 12.1 Å². The minimum absolute atomic E-state index is 0.225. The Kier molecular flexibility index (Phi) is 2.13. The van der Waals surface area contributed by atoms with E-state index in [9.17, 15) is 4.79 Å². The van der Waals surface area contributed by atoms with Gasteiger partial charge in [0.05, 0.1) is 7.11 Å². The van der Waals surface area contributed by atoms with Crippen LogP contribution in [0.5, 0.6) is 5.75 Å². The van der Waals surface area contributed by atoms with E-state index in [1.54, 1.807) is 7.11 Å². The van der Waals surface area contributed by atoms with Crippen LogP contribution in [0.1, 0.15) is 31.7 Å². The lowest BCUT2D eigenvalue weighted by molar-refractivity contribution is -0.176. The highest BCUT2D eigenvalue weighted by atomic mass is 16.5. The Morgan fingerprint density at radius 1 is 1.24 bits per heavy atom. The molecule has 3 saturated carbocycles. The Bertz CT molecular complexity index is 427. The van der Waals surface area contributed by atoms with Gasteiger partial charge < -0.3 is 9.53 Å². The Morgan fingerprint density at radius 3 is 2.29 bits per heavy atom. The predicted octanol–water partition coefficient (Wildman–Crippen LogP) is 2.95. The van der Waals surface area contributed by atoms with Crippen LogP contribution in [0.2, 0.25) is 0 Å². The van der Waals surface area contributed by atoms with Gasteiger partial charge in [-0.25, -0.2) is 0 Å². The van der Waals surface area contributed by atoms with Gasteiger partial charge in [-0.3, -0.25) is 0 Å². The van der Waals surface area contributed by atoms with E-state index < -0.39 is 0 Å². The number of aldehydes is 1. The third-order valence-electron chi connectivity index (χ3n) is 4.94. The summed E-state index contributed by atoms with van der Waals surface area (Å²) in [5.74, 6) is 1.14. The first kappa shape index (κ1) is 10.8. The van der Waals surface area contributed by atoms with Gasteiger partial charge in [-0.05, 0) is 47.8 Å². The average Bonchev–Trinajstić information content (AvgIpc) is 2.26. The molecule has 3 aliphatic rings. The first-order chi connectivity index (χ1) is 8.14. The van der Waals surface area contributed by atoms with Crippen LogP contribution in [-0.2, 0) is 10.2 Å². The van der Waals surface area contributed by atoms with Crippen molar-refractivity contribution >= 4 is 6.29 Å². The van der Waals surface area contributed by atoms with Crippen molar-refractivity contribution in [1.82, 2.24) is 0 Å². The molecule has 17 heavy (non-hydrogen) atoms. The molecule has 0 aliphatic heterocycles. The van der Waals surface area contributed by atoms with Crippen molar-refractivity contribution in [2.75, 3.05) is 7.11 Å². The first-order valence-corrected chi connectivity index (χ1v) is 6.24. The molecule has 1 atom stereocenters. The fourth-order valence-corrected chi connectivity index (χ4v) is 3.74. The zero-order chi connectivity index (χ0) is 12.1. The van der Waals surface area contributed by atoms with E-state index in [2.05, 4.69) is 19.1 Å². The Morgan fingerprint density at radius 2 is 1.82 bits per heavy atom. The lowest BCUT2D eigenvalue weighted by atomic mass is 9.31. The number of ether oxygens (including phenoxy) is 1. The molecule has 2 bridgehead atoms. The highest BCUT2D eigenvalue weighted by Crippen LogP contribution is 2.76. The van der Waals surface area contributed by atoms with Gasteiger partial charge in [0.1, 0.15) is 12.0 Å². The predicted molar refractivity (Wildman–Crippen MR) is 66.2 cm³/mol. The minimum Gasteiger partial charge on any atom is -0.497 e. The molecule has 4 rings (SSSR count). The van der Waals surface area contributed by atoms with Crippen LogP contribution in [0.4, 0.5) is 0 Å². The lowest BCUT2D eigenvalue weighted by Gasteiger charge is -2.73. The second-order valence-corrected chi connectivity index (χ2v) is 5.83. The monoisotopic (exact) mass is 230 g/mol. The van der Waals surface area contributed by atoms with E-state index in [0.717, 1.165) is 12.0 Å². The third-order valence-corrected chi connectivity index (χ3v) is 4.94. The van der Waals surface area contributed by atoms with Crippen molar-refractivity contribution < 1.29 is 9.53 Å². The van der Waals surface area contributed by atoms with Crippen LogP contribution in [-0.4, -0.2) is 13.4 Å². The van der Waals surface area contributed by atoms with Crippen LogP contribution >= 0.6 is 0 Å². The number of carbonyl (C=O) groups is 1. The van der Waals surface area contributed by atoms with Crippen LogP contribution < -0.4 is 4.74 Å². The Labute approximate surface area is 102 Å². The van der Waals surface area contributed by atoms with Gasteiger partial charge >= 0.3 is 0 Å². The molecular formula is C15H18O2. The van der Waals surface area contributed by atoms with Gasteiger partial charge in [-0.1, -0.05) is 19.1 Å². The largest absolute Gasteiger partial charge is 0.497 e. The summed E-state index contributed by atoms with van der Waals surface area (Å²) in [6, 6.07) is 8.41. The first-order valence-electron chi connectivity index (χ1n) is 6.24. The third kappa shape index (κ3) is 1.30. The molecule has 1 unspecified atom stereocenters. The number of carbonyl (C=O) groups excluding carboxylic acids is 1. The quantitative estimate of drug-likeness (QED) is 0.743. The maximum Gasteiger partial charge on any atom is 0.123 e. The molecule has 2 heteroatoms. The highest BCUT2D eigenvalue weighted by molar-refractivity contribution is 5.58. The number of benzene rings is 1. The zero-order valence-electron chi connectivity index (χ0n) is 10.4. The molecule has 0 heterocycles. The van der Waals surface area contributed by atoms with Gasteiger partial charge in [0, 0.05) is 5.92 Å². The number of hydrogen-bond donors (Lipinski definition) is 0. The van der Waals surface area contributed by atoms with Gasteiger partial charge in [-0.2, -0.15) is 0 Å². The molecule has 90 valence electrons. The highest BCUT2D eigenvalue weighted by Gasteiger charge is 2.69. The molecule has 0 aromatic heterocycles. The molecule has 2 nitrogen and oxygen atoms in total. The fourth-order valence-electron chi connectivity index (χ4n) is 3.74. The van der Waals surface area contributed by atoms with Gasteiger partial charge in [0.25, 0.3) is 0 Å². The molecule has 0 amide bonds. The lowest BCUT2D eigenvalue weighted by Crippen LogP contribution is -2.67. The molecule has 0 saturated heterocycles. The van der Waals surface area contributed by atoms with Crippen LogP contribution in [0.15, 0.2) is 24.3 Å². The van der Waals surface area contributed by atoms with Crippen molar-refractivity contribution in [2.24, 2.45) is 11.3 Å². The van der Waals surface area contributed by atoms with E-state index >= 15 is 0 Å². The van der Waals surface area contributed by atoms with Crippen molar-refractivity contribution in [3.63, 3.8) is 0 Å². The standard InChI is InChI=1S/C15H18O2/c1-11(7-16)14-8-15(9-14,10-14)12-3-5-13(17-2)6-4-12/h3-7,11H,8-10H2,1-2H3. The molecule has 0 radical (unpaired) electrons. The summed E-state index contributed by atoms with van der Waals surface area (Å²) >= 11 is 0. The minimum atomic E-state index is 0.225. The SMILES string of the molecule is COc1ccc(C23CC(C(C)C=O)(C2)C3)cc1. The number of methoxy groups -OCH3 is 1. The van der Waals surface area contributed by atoms with Crippen molar-refractivity contribution in [3.05, 3.63) is 29.8 Å². The van der Waals surface area contributed by atoms with Gasteiger partial charge in [-0.15, -0.1) is 0 Å². The Hall–Kier alpha value is -1.31. The van der Waals surface area contributed by atoms with Crippen LogP contribution in [0.25, 0.3) is 0 Å². The smallest absolute Gasteiger partial charge is 0.123 e. The maximum absolute atomic E-state index is 10.9. The summed E-state index contributed by atoms with van der Waals surface area (Å²) in [4.78, 5) is 10.9. The van der Waals surface area contributed by atoms with E-state index in [0.29, 0.717) is 10.8 Å².